The summed E-state index contributed by atoms with van der Waals surface area (Å²) in [4.78, 5) is 18.2. The zero-order chi connectivity index (χ0) is 23.8. The number of amides is 1. The van der Waals surface area contributed by atoms with Crippen molar-refractivity contribution < 1.29 is 9.21 Å². The van der Waals surface area contributed by atoms with Crippen molar-refractivity contribution in [3.63, 3.8) is 0 Å². The van der Waals surface area contributed by atoms with Crippen LogP contribution in [0.15, 0.2) is 65.1 Å². The highest BCUT2D eigenvalue weighted by atomic mass is 32.2. The number of aryl methyl sites for hydroxylation is 1. The van der Waals surface area contributed by atoms with Gasteiger partial charge in [-0.15, -0.1) is 23.5 Å². The Balaban J connectivity index is 1.21. The van der Waals surface area contributed by atoms with E-state index in [9.17, 15) is 4.79 Å². The number of hydrogen-bond acceptors (Lipinski definition) is 5. The second-order valence-corrected chi connectivity index (χ2v) is 12.8. The van der Waals surface area contributed by atoms with E-state index in [-0.39, 0.29) is 16.0 Å². The summed E-state index contributed by atoms with van der Waals surface area (Å²) in [6.45, 7) is 5.23. The summed E-state index contributed by atoms with van der Waals surface area (Å²) < 4.78 is 6.43. The van der Waals surface area contributed by atoms with Crippen LogP contribution in [0.4, 0.5) is 0 Å². The fourth-order valence-corrected chi connectivity index (χ4v) is 9.57. The zero-order valence-electron chi connectivity index (χ0n) is 20.2. The van der Waals surface area contributed by atoms with Crippen molar-refractivity contribution in [1.82, 2.24) is 9.80 Å². The molecule has 0 N–H and O–H groups in total. The van der Waals surface area contributed by atoms with E-state index in [4.69, 9.17) is 4.42 Å². The fourth-order valence-electron chi connectivity index (χ4n) is 6.01. The van der Waals surface area contributed by atoms with Crippen LogP contribution in [0, 0.1) is 6.92 Å². The highest BCUT2D eigenvalue weighted by molar-refractivity contribution is 8.20. The first-order valence-corrected chi connectivity index (χ1v) is 14.7. The molecule has 3 heterocycles. The van der Waals surface area contributed by atoms with Gasteiger partial charge in [-0.3, -0.25) is 9.69 Å². The van der Waals surface area contributed by atoms with Crippen LogP contribution in [0.2, 0.25) is 0 Å². The molecule has 0 radical (unpaired) electrons. The number of nitrogens with zero attached hydrogens (tertiary/aromatic N) is 2. The summed E-state index contributed by atoms with van der Waals surface area (Å²) >= 11 is 4.11. The normalized spacial score (nSPS) is 19.9. The number of carbonyl (C=O) groups excluding carboxylic acids is 1. The molecule has 1 spiro atoms. The van der Waals surface area contributed by atoms with Crippen LogP contribution in [0.5, 0.6) is 0 Å². The van der Waals surface area contributed by atoms with Crippen LogP contribution in [-0.4, -0.2) is 53.4 Å². The molecule has 0 bridgehead atoms. The molecule has 1 aliphatic carbocycles. The molecule has 6 heteroatoms. The molecule has 1 aromatic heterocycles. The van der Waals surface area contributed by atoms with Crippen molar-refractivity contribution in [3.05, 3.63) is 94.4 Å². The summed E-state index contributed by atoms with van der Waals surface area (Å²) in [5.41, 5.74) is 5.00. The van der Waals surface area contributed by atoms with Crippen LogP contribution in [0.25, 0.3) is 0 Å². The number of rotatable bonds is 4. The third kappa shape index (κ3) is 4.24. The van der Waals surface area contributed by atoms with E-state index in [2.05, 4.69) is 96.0 Å². The second-order valence-electron chi connectivity index (χ2n) is 9.71. The van der Waals surface area contributed by atoms with Crippen LogP contribution in [0.3, 0.4) is 0 Å². The average Bonchev–Trinajstić information content (AvgIpc) is 3.51. The molecule has 2 saturated heterocycles. The highest BCUT2D eigenvalue weighted by Crippen LogP contribution is 2.59. The van der Waals surface area contributed by atoms with Crippen LogP contribution in [0.1, 0.15) is 57.5 Å². The molecular formula is C29H32N2O2S2. The largest absolute Gasteiger partial charge is 0.455 e. The highest BCUT2D eigenvalue weighted by Gasteiger charge is 2.45. The van der Waals surface area contributed by atoms with E-state index in [1.807, 2.05) is 4.90 Å². The van der Waals surface area contributed by atoms with Crippen molar-refractivity contribution in [1.29, 1.82) is 0 Å². The van der Waals surface area contributed by atoms with Gasteiger partial charge in [-0.25, -0.2) is 0 Å². The van der Waals surface area contributed by atoms with Gasteiger partial charge in [0.15, 0.2) is 5.76 Å². The third-order valence-electron chi connectivity index (χ3n) is 7.66. The van der Waals surface area contributed by atoms with Gasteiger partial charge in [0.05, 0.1) is 10.1 Å². The number of carbonyl (C=O) groups is 1. The summed E-state index contributed by atoms with van der Waals surface area (Å²) in [7, 11) is 0. The second kappa shape index (κ2) is 9.72. The number of thioether (sulfide) groups is 2. The van der Waals surface area contributed by atoms with E-state index in [0.29, 0.717) is 18.8 Å². The van der Waals surface area contributed by atoms with Gasteiger partial charge in [-0.1, -0.05) is 60.7 Å². The summed E-state index contributed by atoms with van der Waals surface area (Å²) in [5, 5.41) is 0. The van der Waals surface area contributed by atoms with Crippen LogP contribution >= 0.6 is 23.5 Å². The summed E-state index contributed by atoms with van der Waals surface area (Å²) in [6, 6.07) is 21.6. The standard InChI is InChI=1S/C29H32N2O2S2/c1-21-25-24(13-8-14-29(25)34-19-20-35-29)33-27(21)28(32)31-17-15-30(16-18-31)26(22-9-4-2-5-10-22)23-11-6-3-7-12-23/h2-7,9-12,26H,8,13-20H2,1H3. The summed E-state index contributed by atoms with van der Waals surface area (Å²) in [6.07, 6.45) is 3.28. The Morgan fingerprint density at radius 1 is 0.914 bits per heavy atom. The molecule has 0 saturated carbocycles. The Morgan fingerprint density at radius 2 is 1.51 bits per heavy atom. The number of piperazine rings is 1. The molecule has 2 fully saturated rings. The maximum absolute atomic E-state index is 13.7. The first-order valence-electron chi connectivity index (χ1n) is 12.7. The van der Waals surface area contributed by atoms with E-state index in [1.54, 1.807) is 0 Å². The van der Waals surface area contributed by atoms with Gasteiger partial charge in [-0.05, 0) is 30.9 Å². The molecule has 2 aliphatic heterocycles. The molecular weight excluding hydrogens is 472 g/mol. The lowest BCUT2D eigenvalue weighted by molar-refractivity contribution is 0.0565. The van der Waals surface area contributed by atoms with Gasteiger partial charge in [0.2, 0.25) is 0 Å². The van der Waals surface area contributed by atoms with E-state index < -0.39 is 0 Å². The SMILES string of the molecule is Cc1c(C(=O)N2CCN(C(c3ccccc3)c3ccccc3)CC2)oc2c1C1(CCC2)SCCS1. The molecule has 1 amide bonds. The molecule has 35 heavy (non-hydrogen) atoms. The minimum absolute atomic E-state index is 0.0654. The maximum atomic E-state index is 13.7. The molecule has 3 aromatic rings. The van der Waals surface area contributed by atoms with Crippen molar-refractivity contribution in [2.45, 2.75) is 36.3 Å². The van der Waals surface area contributed by atoms with Crippen molar-refractivity contribution in [2.75, 3.05) is 37.7 Å². The first-order chi connectivity index (χ1) is 17.2. The predicted octanol–water partition coefficient (Wildman–Crippen LogP) is 6.10. The van der Waals surface area contributed by atoms with E-state index in [1.165, 1.54) is 34.6 Å². The molecule has 182 valence electrons. The van der Waals surface area contributed by atoms with E-state index >= 15 is 0 Å². The molecule has 0 unspecified atom stereocenters. The molecule has 2 aromatic carbocycles. The summed E-state index contributed by atoms with van der Waals surface area (Å²) in [5.74, 6) is 4.08. The minimum atomic E-state index is 0.0654. The molecule has 4 nitrogen and oxygen atoms in total. The van der Waals surface area contributed by atoms with Gasteiger partial charge in [0.1, 0.15) is 5.76 Å². The Kier molecular flexibility index (Phi) is 6.46. The van der Waals surface area contributed by atoms with Gasteiger partial charge in [0, 0.05) is 55.2 Å². The van der Waals surface area contributed by atoms with Gasteiger partial charge in [0.25, 0.3) is 5.91 Å². The smallest absolute Gasteiger partial charge is 0.289 e. The molecule has 3 aliphatic rings. The van der Waals surface area contributed by atoms with Crippen LogP contribution in [-0.2, 0) is 10.5 Å². The lowest BCUT2D eigenvalue weighted by Gasteiger charge is -2.39. The Hall–Kier alpha value is -2.15. The maximum Gasteiger partial charge on any atom is 0.289 e. The Morgan fingerprint density at radius 3 is 2.11 bits per heavy atom. The minimum Gasteiger partial charge on any atom is -0.455 e. The van der Waals surface area contributed by atoms with Gasteiger partial charge >= 0.3 is 0 Å². The topological polar surface area (TPSA) is 36.7 Å². The Bertz CT molecular complexity index is 1140. The van der Waals surface area contributed by atoms with Crippen LogP contribution < -0.4 is 0 Å². The zero-order valence-corrected chi connectivity index (χ0v) is 21.9. The fraction of sp³-hybridized carbons (Fsp3) is 0.414. The van der Waals surface area contributed by atoms with Crippen molar-refractivity contribution in [3.8, 4) is 0 Å². The third-order valence-corrected chi connectivity index (χ3v) is 11.2. The quantitative estimate of drug-likeness (QED) is 0.429. The number of furan rings is 1. The van der Waals surface area contributed by atoms with Crippen molar-refractivity contribution in [2.24, 2.45) is 0 Å². The van der Waals surface area contributed by atoms with Gasteiger partial charge in [-0.2, -0.15) is 0 Å². The Labute approximate surface area is 216 Å². The van der Waals surface area contributed by atoms with Gasteiger partial charge < -0.3 is 9.32 Å². The lowest BCUT2D eigenvalue weighted by Crippen LogP contribution is -2.50. The molecule has 6 rings (SSSR count). The van der Waals surface area contributed by atoms with E-state index in [0.717, 1.165) is 37.3 Å². The average molecular weight is 505 g/mol. The first kappa shape index (κ1) is 23.3. The molecule has 0 atom stereocenters. The van der Waals surface area contributed by atoms with Crippen molar-refractivity contribution >= 4 is 29.4 Å². The monoisotopic (exact) mass is 504 g/mol. The number of benzene rings is 2. The predicted molar refractivity (Wildman–Crippen MR) is 145 cm³/mol. The number of hydrogen-bond donors (Lipinski definition) is 0. The lowest BCUT2D eigenvalue weighted by atomic mass is 9.93. The number of fused-ring (bicyclic) bond motifs is 2.